The van der Waals surface area contributed by atoms with Crippen LogP contribution in [0.25, 0.3) is 0 Å². The molecule has 0 spiro atoms. The average Bonchev–Trinajstić information content (AvgIpc) is 3.38. The van der Waals surface area contributed by atoms with Gasteiger partial charge in [0, 0.05) is 35.0 Å². The summed E-state index contributed by atoms with van der Waals surface area (Å²) in [5.41, 5.74) is 5.98. The third kappa shape index (κ3) is 4.90. The van der Waals surface area contributed by atoms with E-state index in [1.54, 1.807) is 38.2 Å². The van der Waals surface area contributed by atoms with Crippen molar-refractivity contribution < 1.29 is 32.2 Å². The molecule has 3 heterocycles. The summed E-state index contributed by atoms with van der Waals surface area (Å²) in [6.45, 7) is 3.18. The zero-order valence-corrected chi connectivity index (χ0v) is 21.6. The molecule has 0 bridgehead atoms. The molecule has 3 aliphatic rings. The molecule has 0 unspecified atom stereocenters. The van der Waals surface area contributed by atoms with Crippen molar-refractivity contribution in [3.63, 3.8) is 0 Å². The van der Waals surface area contributed by atoms with E-state index in [1.165, 1.54) is 6.07 Å². The number of carbonyl (C=O) groups excluding carboxylic acids is 2. The number of alkyl halides is 3. The minimum Gasteiger partial charge on any atom is -0.487 e. The number of aromatic nitrogens is 1. The molecule has 1 fully saturated rings. The third-order valence-corrected chi connectivity index (χ3v) is 7.22. The largest absolute Gasteiger partial charge is 0.487 e. The smallest absolute Gasteiger partial charge is 0.416 e. The van der Waals surface area contributed by atoms with Gasteiger partial charge < -0.3 is 31.2 Å². The number of rotatable bonds is 5. The van der Waals surface area contributed by atoms with Crippen molar-refractivity contribution in [1.82, 2.24) is 10.3 Å². The predicted octanol–water partition coefficient (Wildman–Crippen LogP) is 5.02. The van der Waals surface area contributed by atoms with Gasteiger partial charge in [-0.3, -0.25) is 4.79 Å². The Morgan fingerprint density at radius 3 is 2.65 bits per heavy atom. The molecule has 1 aromatic heterocycles. The van der Waals surface area contributed by atoms with E-state index >= 15 is 0 Å². The Labute approximate surface area is 227 Å². The molecule has 12 heteroatoms. The van der Waals surface area contributed by atoms with Crippen LogP contribution in [-0.2, 0) is 22.9 Å². The van der Waals surface area contributed by atoms with Crippen LogP contribution in [-0.4, -0.2) is 29.1 Å². The van der Waals surface area contributed by atoms with E-state index in [1.807, 2.05) is 6.07 Å². The number of nitrogens with one attached hydrogen (secondary N) is 3. The topological polar surface area (TPSA) is 128 Å². The lowest BCUT2D eigenvalue weighted by molar-refractivity contribution is -0.137. The van der Waals surface area contributed by atoms with Crippen LogP contribution < -0.4 is 31.2 Å². The minimum absolute atomic E-state index is 0.0134. The molecule has 9 nitrogen and oxygen atoms in total. The van der Waals surface area contributed by atoms with Gasteiger partial charge in [-0.25, -0.2) is 9.78 Å². The van der Waals surface area contributed by atoms with Crippen LogP contribution in [0.5, 0.6) is 17.2 Å². The normalized spacial score (nSPS) is 20.9. The highest BCUT2D eigenvalue weighted by atomic mass is 19.4. The number of anilines is 2. The van der Waals surface area contributed by atoms with E-state index in [4.69, 9.17) is 15.2 Å². The summed E-state index contributed by atoms with van der Waals surface area (Å²) in [5, 5.41) is 8.05. The molecular formula is C28H26F3N5O4. The van der Waals surface area contributed by atoms with Gasteiger partial charge in [-0.2, -0.15) is 13.2 Å². The zero-order valence-electron chi connectivity index (χ0n) is 21.6. The molecule has 6 rings (SSSR count). The highest BCUT2D eigenvalue weighted by Gasteiger charge is 2.59. The van der Waals surface area contributed by atoms with Crippen LogP contribution in [0.4, 0.5) is 29.5 Å². The molecule has 40 heavy (non-hydrogen) atoms. The van der Waals surface area contributed by atoms with Gasteiger partial charge in [0.15, 0.2) is 0 Å². The first-order valence-corrected chi connectivity index (χ1v) is 12.7. The van der Waals surface area contributed by atoms with E-state index in [2.05, 4.69) is 20.9 Å². The van der Waals surface area contributed by atoms with E-state index < -0.39 is 23.3 Å². The number of fused-ring (bicyclic) bond motifs is 4. The van der Waals surface area contributed by atoms with Gasteiger partial charge >= 0.3 is 12.2 Å². The first-order valence-electron chi connectivity index (χ1n) is 12.7. The molecular weight excluding hydrogens is 527 g/mol. The van der Waals surface area contributed by atoms with Crippen molar-refractivity contribution in [3.05, 3.63) is 70.9 Å². The number of ether oxygens (including phenoxy) is 2. The van der Waals surface area contributed by atoms with E-state index in [-0.39, 0.29) is 35.2 Å². The predicted molar refractivity (Wildman–Crippen MR) is 139 cm³/mol. The molecule has 2 aromatic carbocycles. The number of hydrogen-bond acceptors (Lipinski definition) is 6. The van der Waals surface area contributed by atoms with E-state index in [0.29, 0.717) is 35.9 Å². The third-order valence-electron chi connectivity index (χ3n) is 7.22. The fourth-order valence-electron chi connectivity index (χ4n) is 5.11. The summed E-state index contributed by atoms with van der Waals surface area (Å²) in [6.07, 6.45) is -2.46. The second-order valence-corrected chi connectivity index (χ2v) is 10.7. The zero-order chi connectivity index (χ0) is 28.4. The van der Waals surface area contributed by atoms with Crippen LogP contribution in [0.15, 0.2) is 48.7 Å². The lowest BCUT2D eigenvalue weighted by Gasteiger charge is -2.22. The number of urea groups is 1. The maximum Gasteiger partial charge on any atom is 0.416 e. The molecule has 3 aromatic rings. The quantitative estimate of drug-likeness (QED) is 0.351. The summed E-state index contributed by atoms with van der Waals surface area (Å²) in [5.74, 6) is 2.09. The minimum atomic E-state index is -4.59. The standard InChI is InChI=1S/C28H26F3N5O4/c1-27(2,32)13-9-14(28(29,30)31)11-15(10-13)34-26(38)36-23-22-18-12-16(3-5-19(18)40-24(22)23)39-20-7-8-33-25-17(20)4-6-21(37)35-25/h3,5,7-12,22-24H,4,6,32H2,1-2H3,(H,33,35,37)(H2,34,36,38)/t22-,23-,24-/m0/s1. The summed E-state index contributed by atoms with van der Waals surface area (Å²) in [6, 6.07) is 9.43. The Hall–Kier alpha value is -4.32. The van der Waals surface area contributed by atoms with Gasteiger partial charge in [-0.05, 0) is 68.3 Å². The van der Waals surface area contributed by atoms with Crippen molar-refractivity contribution in [1.29, 1.82) is 0 Å². The molecule has 2 aliphatic heterocycles. The summed E-state index contributed by atoms with van der Waals surface area (Å²) in [7, 11) is 0. The first kappa shape index (κ1) is 25.9. The maximum absolute atomic E-state index is 13.4. The highest BCUT2D eigenvalue weighted by Crippen LogP contribution is 2.54. The number of carbonyl (C=O) groups is 2. The summed E-state index contributed by atoms with van der Waals surface area (Å²) < 4.78 is 52.4. The second-order valence-electron chi connectivity index (χ2n) is 10.7. The number of nitrogens with zero attached hydrogens (tertiary/aromatic N) is 1. The van der Waals surface area contributed by atoms with Crippen molar-refractivity contribution in [3.8, 4) is 17.2 Å². The number of halogens is 3. The van der Waals surface area contributed by atoms with Gasteiger partial charge in [-0.15, -0.1) is 0 Å². The summed E-state index contributed by atoms with van der Waals surface area (Å²) >= 11 is 0. The molecule has 1 saturated carbocycles. The number of nitrogens with two attached hydrogens (primary N) is 1. The van der Waals surface area contributed by atoms with Gasteiger partial charge in [0.05, 0.1) is 17.5 Å². The molecule has 3 amide bonds. The Morgan fingerprint density at radius 2 is 1.90 bits per heavy atom. The van der Waals surface area contributed by atoms with Crippen molar-refractivity contribution in [2.45, 2.75) is 56.5 Å². The van der Waals surface area contributed by atoms with Crippen molar-refractivity contribution in [2.24, 2.45) is 5.73 Å². The molecule has 3 atom stereocenters. The molecule has 1 aliphatic carbocycles. The second kappa shape index (κ2) is 9.12. The molecule has 208 valence electrons. The highest BCUT2D eigenvalue weighted by molar-refractivity contribution is 5.93. The number of hydrogen-bond donors (Lipinski definition) is 4. The summed E-state index contributed by atoms with van der Waals surface area (Å²) in [4.78, 5) is 28.6. The van der Waals surface area contributed by atoms with Gasteiger partial charge in [-0.1, -0.05) is 0 Å². The van der Waals surface area contributed by atoms with Crippen LogP contribution >= 0.6 is 0 Å². The Kier molecular flexibility index (Phi) is 5.91. The van der Waals surface area contributed by atoms with Crippen molar-refractivity contribution in [2.75, 3.05) is 10.6 Å². The fraction of sp³-hybridized carbons (Fsp3) is 0.321. The van der Waals surface area contributed by atoms with Crippen LogP contribution in [0, 0.1) is 0 Å². The fourth-order valence-corrected chi connectivity index (χ4v) is 5.11. The lowest BCUT2D eigenvalue weighted by Crippen LogP contribution is -2.34. The number of pyridine rings is 1. The van der Waals surface area contributed by atoms with Gasteiger partial charge in [0.2, 0.25) is 5.91 Å². The van der Waals surface area contributed by atoms with E-state index in [0.717, 1.165) is 23.3 Å². The van der Waals surface area contributed by atoms with Gasteiger partial charge in [0.25, 0.3) is 0 Å². The first-order chi connectivity index (χ1) is 18.9. The maximum atomic E-state index is 13.4. The average molecular weight is 554 g/mol. The molecule has 5 N–H and O–H groups in total. The Morgan fingerprint density at radius 1 is 1.12 bits per heavy atom. The van der Waals surface area contributed by atoms with Gasteiger partial charge in [0.1, 0.15) is 29.2 Å². The monoisotopic (exact) mass is 553 g/mol. The lowest BCUT2D eigenvalue weighted by atomic mass is 9.93. The SMILES string of the molecule is CC(C)(N)c1cc(NC(=O)N[C@@H]2[C@H]3Oc4ccc(Oc5ccnc6c5CCC(=O)N6)cc4[C@@H]23)cc(C(F)(F)F)c1. The molecule has 0 radical (unpaired) electrons. The Bertz CT molecular complexity index is 1500. The van der Waals surface area contributed by atoms with Crippen LogP contribution in [0.3, 0.4) is 0 Å². The van der Waals surface area contributed by atoms with Crippen LogP contribution in [0.1, 0.15) is 48.4 Å². The van der Waals surface area contributed by atoms with E-state index in [9.17, 15) is 22.8 Å². The number of amides is 3. The van der Waals surface area contributed by atoms with Crippen molar-refractivity contribution >= 4 is 23.4 Å². The molecule has 0 saturated heterocycles. The van der Waals surface area contributed by atoms with Crippen LogP contribution in [0.2, 0.25) is 0 Å². The number of benzene rings is 2. The Balaban J connectivity index is 1.15.